The van der Waals surface area contributed by atoms with Crippen LogP contribution in [0.15, 0.2) is 79.3 Å². The molecule has 0 saturated heterocycles. The minimum atomic E-state index is -0.339. The summed E-state index contributed by atoms with van der Waals surface area (Å²) in [5, 5.41) is 9.69. The minimum Gasteiger partial charge on any atom is -0.473 e. The molecule has 4 aromatic rings. The van der Waals surface area contributed by atoms with Gasteiger partial charge in [-0.05, 0) is 23.8 Å². The number of amides is 1. The van der Waals surface area contributed by atoms with Gasteiger partial charge in [-0.15, -0.1) is 0 Å². The molecule has 0 aliphatic heterocycles. The van der Waals surface area contributed by atoms with E-state index in [9.17, 15) is 4.79 Å². The molecule has 7 heteroatoms. The zero-order valence-electron chi connectivity index (χ0n) is 14.9. The summed E-state index contributed by atoms with van der Waals surface area (Å²) in [4.78, 5) is 20.7. The smallest absolute Gasteiger partial charge is 0.274 e. The zero-order chi connectivity index (χ0) is 19.2. The molecule has 0 atom stereocenters. The Morgan fingerprint density at radius 3 is 2.71 bits per heavy atom. The molecule has 0 aliphatic carbocycles. The van der Waals surface area contributed by atoms with Crippen LogP contribution in [0, 0.1) is 0 Å². The lowest BCUT2D eigenvalue weighted by Crippen LogP contribution is -2.14. The summed E-state index contributed by atoms with van der Waals surface area (Å²) in [5.41, 5.74) is 3.69. The van der Waals surface area contributed by atoms with Gasteiger partial charge in [0.05, 0.1) is 5.69 Å². The third-order valence-electron chi connectivity index (χ3n) is 4.04. The summed E-state index contributed by atoms with van der Waals surface area (Å²) >= 11 is 0. The first kappa shape index (κ1) is 17.4. The first-order valence-corrected chi connectivity index (χ1v) is 8.68. The van der Waals surface area contributed by atoms with E-state index in [1.165, 1.54) is 12.4 Å². The first-order valence-electron chi connectivity index (χ1n) is 8.68. The molecule has 0 bridgehead atoms. The van der Waals surface area contributed by atoms with Crippen molar-refractivity contribution in [3.05, 3.63) is 90.5 Å². The number of aromatic nitrogens is 4. The fraction of sp³-hybridized carbons (Fsp3) is 0.0476. The van der Waals surface area contributed by atoms with Crippen molar-refractivity contribution in [2.45, 2.75) is 6.61 Å². The summed E-state index contributed by atoms with van der Waals surface area (Å²) in [5.74, 6) is 0.00364. The van der Waals surface area contributed by atoms with Crippen LogP contribution in [0.4, 0.5) is 5.69 Å². The van der Waals surface area contributed by atoms with E-state index in [1.807, 2.05) is 60.7 Å². The molecule has 0 spiro atoms. The number of H-pyrrole nitrogens is 1. The van der Waals surface area contributed by atoms with E-state index in [-0.39, 0.29) is 11.6 Å². The molecule has 2 heterocycles. The quantitative estimate of drug-likeness (QED) is 0.539. The van der Waals surface area contributed by atoms with Gasteiger partial charge in [-0.2, -0.15) is 5.10 Å². The molecule has 2 aromatic carbocycles. The Bertz CT molecular complexity index is 1070. The van der Waals surface area contributed by atoms with E-state index in [1.54, 1.807) is 6.20 Å². The second kappa shape index (κ2) is 8.13. The highest BCUT2D eigenvalue weighted by Gasteiger charge is 2.11. The Kier molecular flexibility index (Phi) is 5.06. The maximum Gasteiger partial charge on any atom is 0.274 e. The number of hydrogen-bond donors (Lipinski definition) is 2. The fourth-order valence-corrected chi connectivity index (χ4v) is 2.65. The second-order valence-electron chi connectivity index (χ2n) is 6.02. The standard InChI is InChI=1S/C21H17N5O2/c27-21(25-17-8-4-7-16(11-17)18-9-10-24-26-18)19-12-20(23-14-22-19)28-13-15-5-2-1-3-6-15/h1-12,14H,13H2,(H,24,26)(H,25,27). The van der Waals surface area contributed by atoms with Crippen LogP contribution in [-0.4, -0.2) is 26.1 Å². The van der Waals surface area contributed by atoms with Gasteiger partial charge in [-0.1, -0.05) is 42.5 Å². The lowest BCUT2D eigenvalue weighted by Gasteiger charge is -2.08. The van der Waals surface area contributed by atoms with Gasteiger partial charge >= 0.3 is 0 Å². The van der Waals surface area contributed by atoms with Crippen molar-refractivity contribution in [2.75, 3.05) is 5.32 Å². The van der Waals surface area contributed by atoms with E-state index >= 15 is 0 Å². The third kappa shape index (κ3) is 4.21. The van der Waals surface area contributed by atoms with Gasteiger partial charge in [0.15, 0.2) is 0 Å². The lowest BCUT2D eigenvalue weighted by atomic mass is 10.1. The molecule has 2 aromatic heterocycles. The second-order valence-corrected chi connectivity index (χ2v) is 6.02. The molecule has 0 radical (unpaired) electrons. The number of anilines is 1. The number of ether oxygens (including phenoxy) is 1. The molecular weight excluding hydrogens is 354 g/mol. The number of nitrogens with zero attached hydrogens (tertiary/aromatic N) is 3. The van der Waals surface area contributed by atoms with E-state index in [4.69, 9.17) is 4.74 Å². The number of aromatic amines is 1. The molecule has 0 unspecified atom stereocenters. The number of carbonyl (C=O) groups excluding carboxylic acids is 1. The van der Waals surface area contributed by atoms with Crippen LogP contribution in [-0.2, 0) is 6.61 Å². The predicted molar refractivity (Wildman–Crippen MR) is 105 cm³/mol. The minimum absolute atomic E-state index is 0.227. The highest BCUT2D eigenvalue weighted by atomic mass is 16.5. The molecule has 0 saturated carbocycles. The molecule has 4 rings (SSSR count). The zero-order valence-corrected chi connectivity index (χ0v) is 14.9. The monoisotopic (exact) mass is 371 g/mol. The van der Waals surface area contributed by atoms with Crippen LogP contribution >= 0.6 is 0 Å². The lowest BCUT2D eigenvalue weighted by molar-refractivity contribution is 0.102. The molecule has 138 valence electrons. The molecule has 28 heavy (non-hydrogen) atoms. The van der Waals surface area contributed by atoms with Gasteiger partial charge in [0.25, 0.3) is 5.91 Å². The van der Waals surface area contributed by atoms with Crippen LogP contribution in [0.3, 0.4) is 0 Å². The van der Waals surface area contributed by atoms with E-state index in [0.717, 1.165) is 16.8 Å². The van der Waals surface area contributed by atoms with Crippen LogP contribution < -0.4 is 10.1 Å². The first-order chi connectivity index (χ1) is 13.8. The third-order valence-corrected chi connectivity index (χ3v) is 4.04. The SMILES string of the molecule is O=C(Nc1cccc(-c2ccn[nH]2)c1)c1cc(OCc2ccccc2)ncn1. The maximum absolute atomic E-state index is 12.6. The number of benzene rings is 2. The van der Waals surface area contributed by atoms with Crippen LogP contribution in [0.2, 0.25) is 0 Å². The van der Waals surface area contributed by atoms with Gasteiger partial charge in [-0.25, -0.2) is 9.97 Å². The average molecular weight is 371 g/mol. The fourth-order valence-electron chi connectivity index (χ4n) is 2.65. The summed E-state index contributed by atoms with van der Waals surface area (Å²) in [6.07, 6.45) is 2.99. The van der Waals surface area contributed by atoms with Crippen LogP contribution in [0.5, 0.6) is 5.88 Å². The maximum atomic E-state index is 12.6. The number of hydrogen-bond acceptors (Lipinski definition) is 5. The Morgan fingerprint density at radius 2 is 1.89 bits per heavy atom. The Balaban J connectivity index is 1.44. The van der Waals surface area contributed by atoms with Crippen molar-refractivity contribution in [3.63, 3.8) is 0 Å². The number of carbonyl (C=O) groups is 1. The topological polar surface area (TPSA) is 92.8 Å². The summed E-state index contributed by atoms with van der Waals surface area (Å²) in [6.45, 7) is 0.366. The Morgan fingerprint density at radius 1 is 1.00 bits per heavy atom. The molecule has 0 aliphatic rings. The van der Waals surface area contributed by atoms with Gasteiger partial charge in [0.2, 0.25) is 5.88 Å². The van der Waals surface area contributed by atoms with Crippen molar-refractivity contribution in [3.8, 4) is 17.1 Å². The summed E-state index contributed by atoms with van der Waals surface area (Å²) in [6, 6.07) is 20.6. The van der Waals surface area contributed by atoms with E-state index < -0.39 is 0 Å². The summed E-state index contributed by atoms with van der Waals surface area (Å²) < 4.78 is 5.66. The van der Waals surface area contributed by atoms with Crippen molar-refractivity contribution in [2.24, 2.45) is 0 Å². The molecule has 7 nitrogen and oxygen atoms in total. The predicted octanol–water partition coefficient (Wildman–Crippen LogP) is 3.70. The Hall–Kier alpha value is -4.00. The normalized spacial score (nSPS) is 10.4. The molecule has 1 amide bonds. The number of nitrogens with one attached hydrogen (secondary N) is 2. The summed E-state index contributed by atoms with van der Waals surface area (Å²) in [7, 11) is 0. The van der Waals surface area contributed by atoms with Crippen molar-refractivity contribution in [1.29, 1.82) is 0 Å². The van der Waals surface area contributed by atoms with Gasteiger partial charge in [-0.3, -0.25) is 9.89 Å². The van der Waals surface area contributed by atoms with Crippen molar-refractivity contribution in [1.82, 2.24) is 20.2 Å². The van der Waals surface area contributed by atoms with Crippen LogP contribution in [0.25, 0.3) is 11.3 Å². The molecule has 0 fully saturated rings. The van der Waals surface area contributed by atoms with Crippen LogP contribution in [0.1, 0.15) is 16.1 Å². The molecule has 2 N–H and O–H groups in total. The van der Waals surface area contributed by atoms with E-state index in [2.05, 4.69) is 25.5 Å². The van der Waals surface area contributed by atoms with Crippen molar-refractivity contribution >= 4 is 11.6 Å². The van der Waals surface area contributed by atoms with E-state index in [0.29, 0.717) is 18.2 Å². The van der Waals surface area contributed by atoms with Gasteiger partial charge < -0.3 is 10.1 Å². The van der Waals surface area contributed by atoms with Gasteiger partial charge in [0, 0.05) is 23.5 Å². The Labute approximate surface area is 161 Å². The highest BCUT2D eigenvalue weighted by Crippen LogP contribution is 2.21. The highest BCUT2D eigenvalue weighted by molar-refractivity contribution is 6.03. The largest absolute Gasteiger partial charge is 0.473 e. The van der Waals surface area contributed by atoms with Gasteiger partial charge in [0.1, 0.15) is 18.6 Å². The average Bonchev–Trinajstić information content (AvgIpc) is 3.28. The van der Waals surface area contributed by atoms with Crippen molar-refractivity contribution < 1.29 is 9.53 Å². The number of rotatable bonds is 6. The molecular formula is C21H17N5O2.